The molecule has 21 heavy (non-hydrogen) atoms. The summed E-state index contributed by atoms with van der Waals surface area (Å²) in [5, 5.41) is 6.10. The molecule has 0 aromatic heterocycles. The molecule has 2 aromatic carbocycles. The summed E-state index contributed by atoms with van der Waals surface area (Å²) in [5.41, 5.74) is 1.39. The number of fused-ring (bicyclic) bond motifs is 1. The molecule has 112 valence electrons. The summed E-state index contributed by atoms with van der Waals surface area (Å²) in [7, 11) is 1.72. The van der Waals surface area contributed by atoms with Gasteiger partial charge in [-0.3, -0.25) is 0 Å². The highest BCUT2D eigenvalue weighted by Crippen LogP contribution is 2.29. The van der Waals surface area contributed by atoms with E-state index in [1.165, 1.54) is 22.8 Å². The second-order valence-corrected chi connectivity index (χ2v) is 6.04. The van der Waals surface area contributed by atoms with Gasteiger partial charge in [-0.2, -0.15) is 0 Å². The standard InChI is InChI=1S/C18H23NO2/c1-18(10-5-11-21-13-18)19-12-14-8-9-17(20-2)16-7-4-3-6-15(14)16/h3-4,6-9,19H,5,10-13H2,1-2H3. The maximum Gasteiger partial charge on any atom is 0.126 e. The van der Waals surface area contributed by atoms with Crippen LogP contribution in [0.2, 0.25) is 0 Å². The number of benzene rings is 2. The van der Waals surface area contributed by atoms with Gasteiger partial charge in [-0.05, 0) is 36.8 Å². The summed E-state index contributed by atoms with van der Waals surface area (Å²) in [6.45, 7) is 4.78. The van der Waals surface area contributed by atoms with Crippen molar-refractivity contribution in [2.45, 2.75) is 31.8 Å². The summed E-state index contributed by atoms with van der Waals surface area (Å²) in [6, 6.07) is 12.6. The largest absolute Gasteiger partial charge is 0.496 e. The van der Waals surface area contributed by atoms with Crippen molar-refractivity contribution in [3.8, 4) is 5.75 Å². The summed E-state index contributed by atoms with van der Waals surface area (Å²) in [5.74, 6) is 0.932. The second kappa shape index (κ2) is 6.04. The molecule has 2 aromatic rings. The topological polar surface area (TPSA) is 30.5 Å². The Morgan fingerprint density at radius 3 is 2.71 bits per heavy atom. The van der Waals surface area contributed by atoms with Crippen LogP contribution in [-0.2, 0) is 11.3 Å². The average Bonchev–Trinajstić information content (AvgIpc) is 2.53. The van der Waals surface area contributed by atoms with Gasteiger partial charge in [0.25, 0.3) is 0 Å². The molecule has 0 spiro atoms. The van der Waals surface area contributed by atoms with Crippen molar-refractivity contribution in [3.05, 3.63) is 42.0 Å². The van der Waals surface area contributed by atoms with Crippen molar-refractivity contribution in [1.29, 1.82) is 0 Å². The first kappa shape index (κ1) is 14.4. The predicted molar refractivity (Wildman–Crippen MR) is 85.8 cm³/mol. The van der Waals surface area contributed by atoms with Gasteiger partial charge in [-0.15, -0.1) is 0 Å². The molecule has 1 saturated heterocycles. The number of hydrogen-bond acceptors (Lipinski definition) is 3. The lowest BCUT2D eigenvalue weighted by atomic mass is 9.94. The number of methoxy groups -OCH3 is 1. The van der Waals surface area contributed by atoms with E-state index in [1.54, 1.807) is 7.11 Å². The molecule has 1 aliphatic heterocycles. The van der Waals surface area contributed by atoms with Crippen LogP contribution in [0.15, 0.2) is 36.4 Å². The SMILES string of the molecule is COc1ccc(CNC2(C)CCCOC2)c2ccccc12. The zero-order chi connectivity index (χ0) is 14.7. The molecule has 0 saturated carbocycles. The molecule has 1 N–H and O–H groups in total. The summed E-state index contributed by atoms with van der Waals surface area (Å²) in [4.78, 5) is 0. The minimum Gasteiger partial charge on any atom is -0.496 e. The van der Waals surface area contributed by atoms with Crippen LogP contribution in [0.4, 0.5) is 0 Å². The number of nitrogens with one attached hydrogen (secondary N) is 1. The Balaban J connectivity index is 1.84. The molecule has 3 nitrogen and oxygen atoms in total. The molecule has 0 radical (unpaired) electrons. The quantitative estimate of drug-likeness (QED) is 0.932. The van der Waals surface area contributed by atoms with Crippen LogP contribution in [0.5, 0.6) is 5.75 Å². The molecule has 0 aliphatic carbocycles. The highest BCUT2D eigenvalue weighted by atomic mass is 16.5. The van der Waals surface area contributed by atoms with Crippen LogP contribution in [0, 0.1) is 0 Å². The molecule has 0 bridgehead atoms. The van der Waals surface area contributed by atoms with Gasteiger partial charge in [0, 0.05) is 24.1 Å². The molecule has 1 atom stereocenters. The average molecular weight is 285 g/mol. The second-order valence-electron chi connectivity index (χ2n) is 6.04. The molecule has 1 fully saturated rings. The van der Waals surface area contributed by atoms with Crippen molar-refractivity contribution in [2.75, 3.05) is 20.3 Å². The molecule has 3 rings (SSSR count). The molecule has 1 heterocycles. The summed E-state index contributed by atoms with van der Waals surface area (Å²) in [6.07, 6.45) is 2.30. The third-order valence-corrected chi connectivity index (χ3v) is 4.34. The van der Waals surface area contributed by atoms with Gasteiger partial charge < -0.3 is 14.8 Å². The van der Waals surface area contributed by atoms with Gasteiger partial charge in [0.15, 0.2) is 0 Å². The first-order chi connectivity index (χ1) is 10.2. The maximum absolute atomic E-state index is 5.62. The van der Waals surface area contributed by atoms with E-state index in [9.17, 15) is 0 Å². The van der Waals surface area contributed by atoms with Crippen molar-refractivity contribution in [1.82, 2.24) is 5.32 Å². The molecule has 1 aliphatic rings. The van der Waals surface area contributed by atoms with E-state index < -0.39 is 0 Å². The minimum absolute atomic E-state index is 0.0826. The molecular weight excluding hydrogens is 262 g/mol. The van der Waals surface area contributed by atoms with Gasteiger partial charge in [-0.25, -0.2) is 0 Å². The van der Waals surface area contributed by atoms with Crippen LogP contribution in [0.3, 0.4) is 0 Å². The first-order valence-corrected chi connectivity index (χ1v) is 7.59. The number of ether oxygens (including phenoxy) is 2. The van der Waals surface area contributed by atoms with Crippen LogP contribution in [0.25, 0.3) is 10.8 Å². The Kier molecular flexibility index (Phi) is 4.13. The first-order valence-electron chi connectivity index (χ1n) is 7.59. The molecule has 1 unspecified atom stereocenters. The number of rotatable bonds is 4. The monoisotopic (exact) mass is 285 g/mol. The van der Waals surface area contributed by atoms with E-state index in [-0.39, 0.29) is 5.54 Å². The van der Waals surface area contributed by atoms with E-state index in [4.69, 9.17) is 9.47 Å². The smallest absolute Gasteiger partial charge is 0.126 e. The predicted octanol–water partition coefficient (Wildman–Crippen LogP) is 3.51. The lowest BCUT2D eigenvalue weighted by molar-refractivity contribution is 0.0278. The van der Waals surface area contributed by atoms with Gasteiger partial charge in [0.1, 0.15) is 5.75 Å². The Bertz CT molecular complexity index is 618. The lowest BCUT2D eigenvalue weighted by Crippen LogP contribution is -2.48. The molecular formula is C18H23NO2. The third-order valence-electron chi connectivity index (χ3n) is 4.34. The van der Waals surface area contributed by atoms with E-state index in [1.807, 2.05) is 0 Å². The van der Waals surface area contributed by atoms with Crippen LogP contribution in [-0.4, -0.2) is 25.9 Å². The normalized spacial score (nSPS) is 22.4. The van der Waals surface area contributed by atoms with Gasteiger partial charge in [-0.1, -0.05) is 30.3 Å². The minimum atomic E-state index is 0.0826. The Hall–Kier alpha value is -1.58. The Morgan fingerprint density at radius 2 is 2.00 bits per heavy atom. The van der Waals surface area contributed by atoms with Crippen molar-refractivity contribution < 1.29 is 9.47 Å². The number of hydrogen-bond donors (Lipinski definition) is 1. The Labute approximate surface area is 126 Å². The fraction of sp³-hybridized carbons (Fsp3) is 0.444. The third kappa shape index (κ3) is 3.04. The van der Waals surface area contributed by atoms with E-state index in [0.717, 1.165) is 31.9 Å². The van der Waals surface area contributed by atoms with Gasteiger partial charge in [0.05, 0.1) is 13.7 Å². The fourth-order valence-corrected chi connectivity index (χ4v) is 3.05. The molecule has 0 amide bonds. The molecule has 3 heteroatoms. The van der Waals surface area contributed by atoms with Gasteiger partial charge >= 0.3 is 0 Å². The lowest BCUT2D eigenvalue weighted by Gasteiger charge is -2.34. The van der Waals surface area contributed by atoms with E-state index in [2.05, 4.69) is 48.6 Å². The summed E-state index contributed by atoms with van der Waals surface area (Å²) >= 11 is 0. The van der Waals surface area contributed by atoms with Crippen LogP contribution in [0.1, 0.15) is 25.3 Å². The Morgan fingerprint density at radius 1 is 1.19 bits per heavy atom. The van der Waals surface area contributed by atoms with Crippen molar-refractivity contribution in [3.63, 3.8) is 0 Å². The summed E-state index contributed by atoms with van der Waals surface area (Å²) < 4.78 is 11.1. The van der Waals surface area contributed by atoms with Crippen LogP contribution >= 0.6 is 0 Å². The highest BCUT2D eigenvalue weighted by molar-refractivity contribution is 5.91. The highest BCUT2D eigenvalue weighted by Gasteiger charge is 2.26. The fourth-order valence-electron chi connectivity index (χ4n) is 3.05. The van der Waals surface area contributed by atoms with Crippen LogP contribution < -0.4 is 10.1 Å². The zero-order valence-electron chi connectivity index (χ0n) is 12.8. The van der Waals surface area contributed by atoms with Crippen molar-refractivity contribution in [2.24, 2.45) is 0 Å². The zero-order valence-corrected chi connectivity index (χ0v) is 12.8. The van der Waals surface area contributed by atoms with E-state index in [0.29, 0.717) is 0 Å². The van der Waals surface area contributed by atoms with Crippen molar-refractivity contribution >= 4 is 10.8 Å². The van der Waals surface area contributed by atoms with Gasteiger partial charge in [0.2, 0.25) is 0 Å². The van der Waals surface area contributed by atoms with E-state index >= 15 is 0 Å². The maximum atomic E-state index is 5.62.